The van der Waals surface area contributed by atoms with E-state index in [1.54, 1.807) is 6.92 Å². The van der Waals surface area contributed by atoms with E-state index in [2.05, 4.69) is 15.0 Å². The van der Waals surface area contributed by atoms with Crippen molar-refractivity contribution in [1.29, 1.82) is 0 Å². The number of nitrogen functional groups attached to an aromatic ring is 1. The molecule has 8 rings (SSSR count). The number of halogens is 2. The van der Waals surface area contributed by atoms with Gasteiger partial charge in [-0.25, -0.2) is 42.5 Å². The molecular formula is C34H33F2N7O14P2S. The van der Waals surface area contributed by atoms with E-state index in [1.165, 1.54) is 48.8 Å². The number of aromatic nitrogens is 6. The SMILES string of the molecule is Cc1cc(O)ccc1C(=O)Oc1ccc(CS[P@@]2(=O)OC[C@H]3O[C@@H](n4ccc(=O)[nH]c4=O)[C@H](OP(=O)(O)OC[C@H]4O[C@@H](n5cnc6c(N)ncnc65)[C@H](F)[C@@H]4O2)[C@@H]3F)cc1. The molecule has 0 amide bonds. The average molecular weight is 896 g/mol. The lowest BCUT2D eigenvalue weighted by Gasteiger charge is -2.27. The van der Waals surface area contributed by atoms with Crippen molar-refractivity contribution in [3.63, 3.8) is 0 Å². The summed E-state index contributed by atoms with van der Waals surface area (Å²) in [7, 11) is -5.31. The van der Waals surface area contributed by atoms with E-state index in [0.29, 0.717) is 27.1 Å². The van der Waals surface area contributed by atoms with Gasteiger partial charge in [0.2, 0.25) is 0 Å². The minimum atomic E-state index is -5.31. The summed E-state index contributed by atoms with van der Waals surface area (Å²) in [6, 6.07) is 11.1. The van der Waals surface area contributed by atoms with Crippen LogP contribution >= 0.6 is 26.0 Å². The van der Waals surface area contributed by atoms with Crippen LogP contribution in [0.3, 0.4) is 0 Å². The number of phenolic OH excluding ortho intramolecular Hbond substituents is 1. The Kier molecular flexibility index (Phi) is 11.5. The molecule has 3 aliphatic heterocycles. The van der Waals surface area contributed by atoms with Gasteiger partial charge in [0.05, 0.1) is 25.1 Å². The van der Waals surface area contributed by atoms with Crippen molar-refractivity contribution in [2.24, 2.45) is 0 Å². The minimum Gasteiger partial charge on any atom is -0.508 e. The highest BCUT2D eigenvalue weighted by Crippen LogP contribution is 2.65. The highest BCUT2D eigenvalue weighted by molar-refractivity contribution is 8.54. The number of anilines is 1. The first-order chi connectivity index (χ1) is 28.6. The molecule has 0 radical (unpaired) electrons. The molecule has 2 aromatic carbocycles. The lowest BCUT2D eigenvalue weighted by atomic mass is 10.1. The molecule has 21 nitrogen and oxygen atoms in total. The number of nitrogens with zero attached hydrogens (tertiary/aromatic N) is 5. The van der Waals surface area contributed by atoms with Gasteiger partial charge in [-0.3, -0.25) is 37.0 Å². The Hall–Kier alpha value is -4.87. The van der Waals surface area contributed by atoms with Gasteiger partial charge in [-0.15, -0.1) is 0 Å². The number of alkyl halides is 2. The number of imidazole rings is 1. The molecule has 60 heavy (non-hydrogen) atoms. The number of aromatic amines is 1. The number of rotatable bonds is 7. The number of fused-ring (bicyclic) bond motifs is 4. The molecule has 0 spiro atoms. The molecular weight excluding hydrogens is 862 g/mol. The van der Waals surface area contributed by atoms with Gasteiger partial charge >= 0.3 is 26.3 Å². The number of nitrogens with one attached hydrogen (secondary N) is 1. The van der Waals surface area contributed by atoms with Crippen LogP contribution in [0, 0.1) is 6.92 Å². The Bertz CT molecular complexity index is 2660. The number of hydrogen-bond acceptors (Lipinski definition) is 18. The van der Waals surface area contributed by atoms with Crippen LogP contribution in [0.25, 0.3) is 11.2 Å². The van der Waals surface area contributed by atoms with E-state index in [0.717, 1.165) is 23.2 Å². The summed E-state index contributed by atoms with van der Waals surface area (Å²) in [6.45, 7) is -4.87. The van der Waals surface area contributed by atoms with E-state index in [1.807, 2.05) is 4.98 Å². The number of benzene rings is 2. The molecule has 5 N–H and O–H groups in total. The zero-order chi connectivity index (χ0) is 42.5. The zero-order valence-electron chi connectivity index (χ0n) is 30.8. The second-order valence-corrected chi connectivity index (χ2v) is 19.0. The standard InChI is InChI=1S/C34H33F2N7O14P2S/c1-16-10-18(44)4-7-20(16)33(46)53-19-5-2-17(3-6-19)13-60-59(50)52-11-21-24(35)28(32(54-21)42-9-8-23(45)41-34(42)47)56-58(48,49)51-12-22-27(57-59)25(36)31(55-22)43-15-40-26-29(37)38-14-39-30(26)43/h2-10,14-15,21-22,24-25,27-28,31-32,44H,11-13H2,1H3,(H,48,49)(H2,37,38,39)(H,41,45,47)/t21-,22-,24-,25-,27-,28-,31-,32-,59+/m1/s1. The van der Waals surface area contributed by atoms with Gasteiger partial charge in [-0.1, -0.05) is 12.1 Å². The number of H-pyrrole nitrogens is 1. The largest absolute Gasteiger partial charge is 0.508 e. The fraction of sp³-hybridized carbons (Fsp3) is 0.353. The summed E-state index contributed by atoms with van der Waals surface area (Å²) in [5.41, 5.74) is 5.39. The van der Waals surface area contributed by atoms with Crippen molar-refractivity contribution in [3.05, 3.63) is 105 Å². The van der Waals surface area contributed by atoms with E-state index < -0.39 is 94.3 Å². The van der Waals surface area contributed by atoms with Crippen molar-refractivity contribution in [2.75, 3.05) is 18.9 Å². The fourth-order valence-corrected chi connectivity index (χ4v) is 10.9. The van der Waals surface area contributed by atoms with Gasteiger partial charge in [0, 0.05) is 18.0 Å². The summed E-state index contributed by atoms with van der Waals surface area (Å²) >= 11 is 0.563. The lowest BCUT2D eigenvalue weighted by molar-refractivity contribution is -0.0652. The van der Waals surface area contributed by atoms with Crippen LogP contribution in [0.4, 0.5) is 14.6 Å². The maximum atomic E-state index is 16.7. The maximum Gasteiger partial charge on any atom is 0.472 e. The second-order valence-electron chi connectivity index (χ2n) is 13.6. The number of esters is 1. The molecule has 0 aliphatic carbocycles. The van der Waals surface area contributed by atoms with E-state index in [9.17, 15) is 33.5 Å². The number of hydrogen-bond donors (Lipinski definition) is 4. The molecule has 318 valence electrons. The Labute approximate surface area is 339 Å². The molecule has 0 saturated carbocycles. The fourth-order valence-electron chi connectivity index (χ4n) is 6.64. The van der Waals surface area contributed by atoms with Crippen LogP contribution in [0.15, 0.2) is 77.0 Å². The summed E-state index contributed by atoms with van der Waals surface area (Å²) in [5.74, 6) is -0.711. The number of ether oxygens (including phenoxy) is 3. The first kappa shape index (κ1) is 41.8. The van der Waals surface area contributed by atoms with Crippen LogP contribution in [0.2, 0.25) is 0 Å². The highest BCUT2D eigenvalue weighted by Gasteiger charge is 2.55. The van der Waals surface area contributed by atoms with Gasteiger partial charge in [0.15, 0.2) is 36.3 Å². The zero-order valence-corrected chi connectivity index (χ0v) is 33.4. The Morgan fingerprint density at radius 3 is 2.47 bits per heavy atom. The molecule has 3 fully saturated rings. The van der Waals surface area contributed by atoms with Crippen molar-refractivity contribution in [3.8, 4) is 11.5 Å². The number of carbonyl (C=O) groups is 1. The van der Waals surface area contributed by atoms with Gasteiger partial charge in [-0.05, 0) is 59.8 Å². The third kappa shape index (κ3) is 8.53. The molecule has 26 heteroatoms. The van der Waals surface area contributed by atoms with Crippen LogP contribution in [-0.4, -0.2) is 95.0 Å². The number of phosphoric ester groups is 1. The van der Waals surface area contributed by atoms with Crippen LogP contribution in [0.1, 0.15) is 33.9 Å². The summed E-state index contributed by atoms with van der Waals surface area (Å²) in [6.07, 6.45) is -11.9. The lowest BCUT2D eigenvalue weighted by Crippen LogP contribution is -2.37. The molecule has 5 aromatic rings. The van der Waals surface area contributed by atoms with Crippen molar-refractivity contribution in [2.45, 2.75) is 61.9 Å². The Morgan fingerprint density at radius 2 is 1.72 bits per heavy atom. The normalized spacial score (nSPS) is 30.9. The summed E-state index contributed by atoms with van der Waals surface area (Å²) in [5, 5.41) is 9.67. The van der Waals surface area contributed by atoms with Crippen LogP contribution < -0.4 is 21.7 Å². The molecule has 3 aliphatic rings. The molecule has 3 aromatic heterocycles. The van der Waals surface area contributed by atoms with Crippen LogP contribution in [0.5, 0.6) is 11.5 Å². The quantitative estimate of drug-likeness (QED) is 0.103. The number of phosphoric acid groups is 1. The first-order valence-electron chi connectivity index (χ1n) is 17.8. The van der Waals surface area contributed by atoms with E-state index >= 15 is 8.78 Å². The van der Waals surface area contributed by atoms with Gasteiger partial charge in [0.1, 0.15) is 47.8 Å². The van der Waals surface area contributed by atoms with Crippen molar-refractivity contribution in [1.82, 2.24) is 29.1 Å². The number of nitrogens with two attached hydrogens (primary N) is 1. The van der Waals surface area contributed by atoms with Gasteiger partial charge in [-0.2, -0.15) is 0 Å². The van der Waals surface area contributed by atoms with E-state index in [4.69, 9.17) is 38.0 Å². The Balaban J connectivity index is 1.08. The molecule has 10 atom stereocenters. The van der Waals surface area contributed by atoms with Crippen molar-refractivity contribution >= 4 is 49.0 Å². The highest BCUT2D eigenvalue weighted by atomic mass is 32.7. The van der Waals surface area contributed by atoms with Gasteiger partial charge in [0.25, 0.3) is 5.56 Å². The second kappa shape index (κ2) is 16.5. The number of aromatic hydroxyl groups is 1. The number of carbonyl (C=O) groups excluding carboxylic acids is 1. The van der Waals surface area contributed by atoms with Crippen molar-refractivity contribution < 1.29 is 65.0 Å². The smallest absolute Gasteiger partial charge is 0.472 e. The Morgan fingerprint density at radius 1 is 0.967 bits per heavy atom. The molecule has 2 bridgehead atoms. The summed E-state index contributed by atoms with van der Waals surface area (Å²) in [4.78, 5) is 62.1. The monoisotopic (exact) mass is 895 g/mol. The first-order valence-corrected chi connectivity index (χ1v) is 22.4. The third-order valence-electron chi connectivity index (χ3n) is 9.58. The topological polar surface area (TPSA) is 281 Å². The predicted octanol–water partition coefficient (Wildman–Crippen LogP) is 3.62. The third-order valence-corrected chi connectivity index (χ3v) is 14.2. The van der Waals surface area contributed by atoms with Gasteiger partial charge < -0.3 is 29.9 Å². The minimum absolute atomic E-state index is 0.0187. The molecule has 6 heterocycles. The van der Waals surface area contributed by atoms with Crippen LogP contribution in [-0.2, 0) is 42.5 Å². The number of aryl methyl sites for hydroxylation is 1. The predicted molar refractivity (Wildman–Crippen MR) is 203 cm³/mol. The summed E-state index contributed by atoms with van der Waals surface area (Å²) < 4.78 is 102. The maximum absolute atomic E-state index is 16.7. The average Bonchev–Trinajstić information content (AvgIpc) is 3.86. The number of phenols is 1. The molecule has 1 unspecified atom stereocenters. The molecule has 3 saturated heterocycles. The van der Waals surface area contributed by atoms with E-state index in [-0.39, 0.29) is 39.8 Å².